The zero-order valence-corrected chi connectivity index (χ0v) is 12.2. The summed E-state index contributed by atoms with van der Waals surface area (Å²) in [6, 6.07) is 16.9. The van der Waals surface area contributed by atoms with E-state index in [1.54, 1.807) is 7.11 Å². The van der Waals surface area contributed by atoms with Gasteiger partial charge in [-0.05, 0) is 30.2 Å². The van der Waals surface area contributed by atoms with Gasteiger partial charge in [0.1, 0.15) is 5.75 Å². The van der Waals surface area contributed by atoms with E-state index in [0.717, 1.165) is 5.75 Å². The first-order valence-electron chi connectivity index (χ1n) is 6.96. The molecular weight excluding hydrogens is 260 g/mol. The van der Waals surface area contributed by atoms with E-state index in [4.69, 9.17) is 4.74 Å². The van der Waals surface area contributed by atoms with Crippen molar-refractivity contribution in [2.75, 3.05) is 7.11 Å². The van der Waals surface area contributed by atoms with Gasteiger partial charge in [-0.2, -0.15) is 0 Å². The number of rotatable bonds is 4. The van der Waals surface area contributed by atoms with Gasteiger partial charge < -0.3 is 9.30 Å². The molecule has 1 aromatic heterocycles. The minimum absolute atomic E-state index is 0.124. The number of methoxy groups -OCH3 is 1. The number of benzene rings is 2. The number of aromatic nitrogens is 2. The lowest BCUT2D eigenvalue weighted by molar-refractivity contribution is 0.414. The largest absolute Gasteiger partial charge is 0.497 e. The molecule has 0 N–H and O–H groups in total. The Morgan fingerprint density at radius 2 is 1.57 bits per heavy atom. The van der Waals surface area contributed by atoms with Gasteiger partial charge in [-0.3, -0.25) is 0 Å². The minimum Gasteiger partial charge on any atom is -0.497 e. The van der Waals surface area contributed by atoms with Crippen molar-refractivity contribution < 1.29 is 4.74 Å². The summed E-state index contributed by atoms with van der Waals surface area (Å²) >= 11 is 0. The molecular formula is C18H18N2O. The highest BCUT2D eigenvalue weighted by atomic mass is 16.5. The third kappa shape index (κ3) is 2.82. The Kier molecular flexibility index (Phi) is 3.73. The van der Waals surface area contributed by atoms with Crippen LogP contribution in [0.4, 0.5) is 0 Å². The quantitative estimate of drug-likeness (QED) is 0.725. The van der Waals surface area contributed by atoms with Crippen molar-refractivity contribution in [1.29, 1.82) is 0 Å². The topological polar surface area (TPSA) is 27.1 Å². The summed E-state index contributed by atoms with van der Waals surface area (Å²) in [5, 5.41) is 0. The summed E-state index contributed by atoms with van der Waals surface area (Å²) in [7, 11) is 1.68. The molecule has 0 saturated carbocycles. The molecule has 0 unspecified atom stereocenters. The minimum atomic E-state index is 0.124. The number of nitrogens with zero attached hydrogens (tertiary/aromatic N) is 2. The number of hydrogen-bond acceptors (Lipinski definition) is 2. The van der Waals surface area contributed by atoms with Gasteiger partial charge in [0.05, 0.1) is 19.5 Å². The average molecular weight is 278 g/mol. The molecule has 0 aliphatic heterocycles. The van der Waals surface area contributed by atoms with Crippen molar-refractivity contribution >= 4 is 0 Å². The molecule has 0 saturated heterocycles. The highest BCUT2D eigenvalue weighted by Crippen LogP contribution is 2.28. The van der Waals surface area contributed by atoms with Crippen LogP contribution in [0.2, 0.25) is 0 Å². The highest BCUT2D eigenvalue weighted by molar-refractivity contribution is 5.37. The molecule has 106 valence electrons. The number of aryl methyl sites for hydroxylation is 1. The van der Waals surface area contributed by atoms with Crippen LogP contribution in [0, 0.1) is 6.92 Å². The molecule has 1 heterocycles. The van der Waals surface area contributed by atoms with Gasteiger partial charge in [0.25, 0.3) is 0 Å². The van der Waals surface area contributed by atoms with E-state index in [9.17, 15) is 0 Å². The Labute approximate surface area is 124 Å². The first kappa shape index (κ1) is 13.4. The van der Waals surface area contributed by atoms with Crippen LogP contribution < -0.4 is 4.74 Å². The normalized spacial score (nSPS) is 12.1. The third-order valence-corrected chi connectivity index (χ3v) is 3.65. The molecule has 3 rings (SSSR count). The second-order valence-electron chi connectivity index (χ2n) is 5.10. The predicted molar refractivity (Wildman–Crippen MR) is 83.6 cm³/mol. The zero-order chi connectivity index (χ0) is 14.7. The zero-order valence-electron chi connectivity index (χ0n) is 12.2. The first-order chi connectivity index (χ1) is 10.3. The highest BCUT2D eigenvalue weighted by Gasteiger charge is 2.15. The number of ether oxygens (including phenoxy) is 1. The van der Waals surface area contributed by atoms with E-state index in [1.165, 1.54) is 16.7 Å². The van der Waals surface area contributed by atoms with Gasteiger partial charge in [-0.15, -0.1) is 0 Å². The summed E-state index contributed by atoms with van der Waals surface area (Å²) in [5.74, 6) is 0.868. The molecule has 3 nitrogen and oxygen atoms in total. The fourth-order valence-electron chi connectivity index (χ4n) is 2.49. The van der Waals surface area contributed by atoms with Gasteiger partial charge >= 0.3 is 0 Å². The fraction of sp³-hybridized carbons (Fsp3) is 0.167. The van der Waals surface area contributed by atoms with Crippen LogP contribution in [0.15, 0.2) is 67.3 Å². The van der Waals surface area contributed by atoms with Gasteiger partial charge in [0.15, 0.2) is 0 Å². The van der Waals surface area contributed by atoms with Gasteiger partial charge in [-0.1, -0.05) is 42.0 Å². The van der Waals surface area contributed by atoms with Crippen molar-refractivity contribution in [2.24, 2.45) is 0 Å². The van der Waals surface area contributed by atoms with Crippen LogP contribution in [-0.2, 0) is 0 Å². The molecule has 21 heavy (non-hydrogen) atoms. The van der Waals surface area contributed by atoms with Crippen molar-refractivity contribution in [1.82, 2.24) is 9.55 Å². The molecule has 2 aromatic carbocycles. The monoisotopic (exact) mass is 278 g/mol. The van der Waals surface area contributed by atoms with Crippen LogP contribution in [0.5, 0.6) is 5.75 Å². The smallest absolute Gasteiger partial charge is 0.118 e. The van der Waals surface area contributed by atoms with E-state index >= 15 is 0 Å². The standard InChI is InChI=1S/C18H18N2O/c1-14-3-5-15(6-4-14)18(20-12-11-19-13-20)16-7-9-17(21-2)10-8-16/h3-13,18H,1-2H3/t18-/m1/s1. The summed E-state index contributed by atoms with van der Waals surface area (Å²) in [6.07, 6.45) is 5.66. The maximum atomic E-state index is 5.24. The number of imidazole rings is 1. The van der Waals surface area contributed by atoms with E-state index in [1.807, 2.05) is 30.9 Å². The third-order valence-electron chi connectivity index (χ3n) is 3.65. The molecule has 0 spiro atoms. The Morgan fingerprint density at radius 1 is 0.952 bits per heavy atom. The summed E-state index contributed by atoms with van der Waals surface area (Å²) in [5.41, 5.74) is 3.71. The Morgan fingerprint density at radius 3 is 2.10 bits per heavy atom. The van der Waals surface area contributed by atoms with Gasteiger partial charge in [-0.25, -0.2) is 4.98 Å². The van der Waals surface area contributed by atoms with Crippen LogP contribution in [0.1, 0.15) is 22.7 Å². The van der Waals surface area contributed by atoms with Crippen molar-refractivity contribution in [3.05, 3.63) is 83.9 Å². The summed E-state index contributed by atoms with van der Waals surface area (Å²) in [4.78, 5) is 4.18. The molecule has 0 bridgehead atoms. The SMILES string of the molecule is COc1ccc([C@@H](c2ccc(C)cc2)n2ccnc2)cc1. The lowest BCUT2D eigenvalue weighted by Gasteiger charge is -2.20. The predicted octanol–water partition coefficient (Wildman–Crippen LogP) is 3.84. The van der Waals surface area contributed by atoms with Crippen LogP contribution in [-0.4, -0.2) is 16.7 Å². The Bertz CT molecular complexity index is 685. The van der Waals surface area contributed by atoms with E-state index in [0.29, 0.717) is 0 Å². The Hall–Kier alpha value is -2.55. The molecule has 0 aliphatic rings. The van der Waals surface area contributed by atoms with Crippen molar-refractivity contribution in [2.45, 2.75) is 13.0 Å². The molecule has 0 fully saturated rings. The maximum Gasteiger partial charge on any atom is 0.118 e. The van der Waals surface area contributed by atoms with Crippen molar-refractivity contribution in [3.63, 3.8) is 0 Å². The molecule has 0 aliphatic carbocycles. The van der Waals surface area contributed by atoms with E-state index in [-0.39, 0.29) is 6.04 Å². The Balaban J connectivity index is 2.05. The molecule has 3 heteroatoms. The molecule has 3 aromatic rings. The maximum absolute atomic E-state index is 5.24. The van der Waals surface area contributed by atoms with E-state index < -0.39 is 0 Å². The summed E-state index contributed by atoms with van der Waals surface area (Å²) < 4.78 is 7.36. The molecule has 0 amide bonds. The lowest BCUT2D eigenvalue weighted by Crippen LogP contribution is -2.10. The average Bonchev–Trinajstić information content (AvgIpc) is 3.04. The second-order valence-corrected chi connectivity index (χ2v) is 5.10. The van der Waals surface area contributed by atoms with Gasteiger partial charge in [0, 0.05) is 12.4 Å². The van der Waals surface area contributed by atoms with E-state index in [2.05, 4.69) is 52.9 Å². The summed E-state index contributed by atoms with van der Waals surface area (Å²) in [6.45, 7) is 2.10. The molecule has 0 radical (unpaired) electrons. The van der Waals surface area contributed by atoms with Crippen LogP contribution in [0.25, 0.3) is 0 Å². The molecule has 1 atom stereocenters. The second kappa shape index (κ2) is 5.83. The van der Waals surface area contributed by atoms with Crippen LogP contribution in [0.3, 0.4) is 0 Å². The van der Waals surface area contributed by atoms with Crippen molar-refractivity contribution in [3.8, 4) is 5.75 Å². The number of hydrogen-bond donors (Lipinski definition) is 0. The lowest BCUT2D eigenvalue weighted by atomic mass is 9.97. The fourth-order valence-corrected chi connectivity index (χ4v) is 2.49. The first-order valence-corrected chi connectivity index (χ1v) is 6.96. The van der Waals surface area contributed by atoms with Gasteiger partial charge in [0.2, 0.25) is 0 Å². The van der Waals surface area contributed by atoms with Crippen LogP contribution >= 0.6 is 0 Å².